The zero-order valence-corrected chi connectivity index (χ0v) is 15.4. The lowest BCUT2D eigenvalue weighted by Crippen LogP contribution is -2.22. The largest absolute Gasteiger partial charge is 0.395 e. The fourth-order valence-electron chi connectivity index (χ4n) is 2.38. The number of amides is 1. The van der Waals surface area contributed by atoms with Crippen molar-refractivity contribution >= 4 is 41.4 Å². The number of hydrogen-bond donors (Lipinski definition) is 2. The minimum absolute atomic E-state index is 0. The van der Waals surface area contributed by atoms with E-state index in [1.54, 1.807) is 41.1 Å². The Labute approximate surface area is 157 Å². The van der Waals surface area contributed by atoms with Crippen LogP contribution in [0.2, 0.25) is 5.02 Å². The van der Waals surface area contributed by atoms with Crippen molar-refractivity contribution in [3.8, 4) is 0 Å². The van der Waals surface area contributed by atoms with Gasteiger partial charge in [-0.15, -0.1) is 12.4 Å². The minimum atomic E-state index is -0.337. The van der Waals surface area contributed by atoms with Gasteiger partial charge in [-0.3, -0.25) is 4.79 Å². The van der Waals surface area contributed by atoms with E-state index in [4.69, 9.17) is 11.6 Å². The van der Waals surface area contributed by atoms with E-state index >= 15 is 0 Å². The molecule has 132 valence electrons. The standard InChI is InChI=1S/C18H18ClN3O2.ClH/c1-18(2,11-23)13-5-3-12(4-6-13)17(24)21-15-10-22-9-14(19)7-8-16(22)20-15;/h3-10,23H,11H2,1-2H3,(H,21,24);1H. The smallest absolute Gasteiger partial charge is 0.256 e. The summed E-state index contributed by atoms with van der Waals surface area (Å²) in [6.45, 7) is 3.94. The topological polar surface area (TPSA) is 66.6 Å². The second kappa shape index (κ2) is 7.44. The SMILES string of the molecule is CC(C)(CO)c1ccc(C(=O)Nc2cn3cc(Cl)ccc3n2)cc1.Cl. The number of pyridine rings is 1. The summed E-state index contributed by atoms with van der Waals surface area (Å²) in [5, 5.41) is 12.8. The molecule has 0 aliphatic rings. The van der Waals surface area contributed by atoms with Crippen LogP contribution in [-0.2, 0) is 5.41 Å². The van der Waals surface area contributed by atoms with Crippen molar-refractivity contribution in [3.63, 3.8) is 0 Å². The first-order valence-electron chi connectivity index (χ1n) is 7.56. The lowest BCUT2D eigenvalue weighted by atomic mass is 9.85. The Hall–Kier alpha value is -2.08. The number of carbonyl (C=O) groups excluding carboxylic acids is 1. The summed E-state index contributed by atoms with van der Waals surface area (Å²) in [7, 11) is 0. The molecule has 0 aliphatic carbocycles. The molecule has 0 radical (unpaired) electrons. The lowest BCUT2D eigenvalue weighted by Gasteiger charge is -2.22. The molecule has 2 heterocycles. The zero-order chi connectivity index (χ0) is 17.3. The number of anilines is 1. The van der Waals surface area contributed by atoms with Crippen LogP contribution in [0.3, 0.4) is 0 Å². The highest BCUT2D eigenvalue weighted by molar-refractivity contribution is 6.30. The molecule has 3 rings (SSSR count). The summed E-state index contributed by atoms with van der Waals surface area (Å²) in [5.41, 5.74) is 1.87. The van der Waals surface area contributed by atoms with Crippen LogP contribution in [0.4, 0.5) is 5.82 Å². The molecule has 0 aliphatic heterocycles. The molecule has 25 heavy (non-hydrogen) atoms. The number of nitrogens with zero attached hydrogens (tertiary/aromatic N) is 2. The van der Waals surface area contributed by atoms with Crippen LogP contribution in [0.25, 0.3) is 5.65 Å². The van der Waals surface area contributed by atoms with Gasteiger partial charge in [-0.05, 0) is 29.8 Å². The molecule has 2 aromatic heterocycles. The van der Waals surface area contributed by atoms with Crippen LogP contribution in [0.1, 0.15) is 29.8 Å². The fraction of sp³-hybridized carbons (Fsp3) is 0.222. The van der Waals surface area contributed by atoms with Crippen LogP contribution in [0, 0.1) is 0 Å². The van der Waals surface area contributed by atoms with E-state index in [-0.39, 0.29) is 30.3 Å². The number of carbonyl (C=O) groups is 1. The number of aliphatic hydroxyl groups is 1. The van der Waals surface area contributed by atoms with Crippen LogP contribution < -0.4 is 5.32 Å². The molecule has 1 aromatic carbocycles. The van der Waals surface area contributed by atoms with Crippen LogP contribution in [-0.4, -0.2) is 27.0 Å². The second-order valence-electron chi connectivity index (χ2n) is 6.31. The molecule has 0 fully saturated rings. The van der Waals surface area contributed by atoms with E-state index in [1.165, 1.54) is 0 Å². The highest BCUT2D eigenvalue weighted by atomic mass is 35.5. The molecule has 0 bridgehead atoms. The Morgan fingerprint density at radius 3 is 2.52 bits per heavy atom. The van der Waals surface area contributed by atoms with Gasteiger partial charge in [0.2, 0.25) is 0 Å². The minimum Gasteiger partial charge on any atom is -0.395 e. The van der Waals surface area contributed by atoms with Crippen molar-refractivity contribution in [2.24, 2.45) is 0 Å². The van der Waals surface area contributed by atoms with Crippen LogP contribution in [0.5, 0.6) is 0 Å². The fourth-order valence-corrected chi connectivity index (χ4v) is 2.55. The third-order valence-electron chi connectivity index (χ3n) is 3.98. The van der Waals surface area contributed by atoms with E-state index in [2.05, 4.69) is 10.3 Å². The molecule has 3 aromatic rings. The number of aromatic nitrogens is 2. The predicted octanol–water partition coefficient (Wildman–Crippen LogP) is 3.93. The van der Waals surface area contributed by atoms with E-state index in [0.717, 1.165) is 5.56 Å². The summed E-state index contributed by atoms with van der Waals surface area (Å²) in [6.07, 6.45) is 3.44. The Kier molecular flexibility index (Phi) is 5.72. The van der Waals surface area contributed by atoms with E-state index < -0.39 is 0 Å². The Bertz CT molecular complexity index is 889. The Morgan fingerprint density at radius 1 is 1.20 bits per heavy atom. The number of aliphatic hydroxyl groups excluding tert-OH is 1. The highest BCUT2D eigenvalue weighted by Gasteiger charge is 2.19. The summed E-state index contributed by atoms with van der Waals surface area (Å²) in [6, 6.07) is 10.7. The first kappa shape index (κ1) is 19.2. The average Bonchev–Trinajstić information content (AvgIpc) is 2.96. The Balaban J connectivity index is 0.00000225. The van der Waals surface area contributed by atoms with Gasteiger partial charge in [0.1, 0.15) is 5.65 Å². The molecule has 0 unspecified atom stereocenters. The molecule has 0 saturated carbocycles. The van der Waals surface area contributed by atoms with Gasteiger partial charge in [-0.1, -0.05) is 37.6 Å². The maximum Gasteiger partial charge on any atom is 0.256 e. The van der Waals surface area contributed by atoms with E-state index in [9.17, 15) is 9.90 Å². The molecule has 7 heteroatoms. The molecule has 2 N–H and O–H groups in total. The molecule has 0 saturated heterocycles. The second-order valence-corrected chi connectivity index (χ2v) is 6.75. The van der Waals surface area contributed by atoms with Crippen LogP contribution >= 0.6 is 24.0 Å². The average molecular weight is 380 g/mol. The molecule has 5 nitrogen and oxygen atoms in total. The molecule has 1 amide bonds. The zero-order valence-electron chi connectivity index (χ0n) is 13.9. The third kappa shape index (κ3) is 4.12. The van der Waals surface area contributed by atoms with Crippen molar-refractivity contribution in [3.05, 3.63) is 64.9 Å². The summed E-state index contributed by atoms with van der Waals surface area (Å²) >= 11 is 5.94. The number of fused-ring (bicyclic) bond motifs is 1. The first-order valence-corrected chi connectivity index (χ1v) is 7.94. The number of halogens is 2. The number of hydrogen-bond acceptors (Lipinski definition) is 3. The number of nitrogens with one attached hydrogen (secondary N) is 1. The number of rotatable bonds is 4. The van der Waals surface area contributed by atoms with Gasteiger partial charge in [-0.2, -0.15) is 0 Å². The highest BCUT2D eigenvalue weighted by Crippen LogP contribution is 2.23. The first-order chi connectivity index (χ1) is 11.4. The van der Waals surface area contributed by atoms with Gasteiger partial charge in [0, 0.05) is 17.2 Å². The van der Waals surface area contributed by atoms with Crippen molar-refractivity contribution in [1.29, 1.82) is 0 Å². The monoisotopic (exact) mass is 379 g/mol. The van der Waals surface area contributed by atoms with E-state index in [0.29, 0.717) is 22.1 Å². The van der Waals surface area contributed by atoms with Gasteiger partial charge in [0.25, 0.3) is 5.91 Å². The van der Waals surface area contributed by atoms with Crippen molar-refractivity contribution < 1.29 is 9.90 Å². The molecule has 0 spiro atoms. The normalized spacial score (nSPS) is 11.2. The third-order valence-corrected chi connectivity index (χ3v) is 4.20. The maximum absolute atomic E-state index is 12.4. The number of benzene rings is 1. The molecular weight excluding hydrogens is 361 g/mol. The molecular formula is C18H19Cl2N3O2. The van der Waals surface area contributed by atoms with Gasteiger partial charge in [0.15, 0.2) is 5.82 Å². The van der Waals surface area contributed by atoms with E-state index in [1.807, 2.05) is 26.0 Å². The van der Waals surface area contributed by atoms with Gasteiger partial charge in [-0.25, -0.2) is 4.98 Å². The van der Waals surface area contributed by atoms with Gasteiger partial charge >= 0.3 is 0 Å². The lowest BCUT2D eigenvalue weighted by molar-refractivity contribution is 0.102. The Morgan fingerprint density at radius 2 is 1.88 bits per heavy atom. The summed E-state index contributed by atoms with van der Waals surface area (Å²) in [5.74, 6) is 0.222. The van der Waals surface area contributed by atoms with Gasteiger partial charge in [0.05, 0.1) is 17.8 Å². The van der Waals surface area contributed by atoms with Gasteiger partial charge < -0.3 is 14.8 Å². The van der Waals surface area contributed by atoms with Crippen molar-refractivity contribution in [2.75, 3.05) is 11.9 Å². The van der Waals surface area contributed by atoms with Crippen molar-refractivity contribution in [2.45, 2.75) is 19.3 Å². The predicted molar refractivity (Wildman–Crippen MR) is 102 cm³/mol. The quantitative estimate of drug-likeness (QED) is 0.721. The number of imidazole rings is 1. The van der Waals surface area contributed by atoms with Crippen molar-refractivity contribution in [1.82, 2.24) is 9.38 Å². The van der Waals surface area contributed by atoms with Crippen LogP contribution in [0.15, 0.2) is 48.8 Å². The summed E-state index contributed by atoms with van der Waals surface area (Å²) in [4.78, 5) is 16.7. The summed E-state index contributed by atoms with van der Waals surface area (Å²) < 4.78 is 1.75. The molecule has 0 atom stereocenters. The maximum atomic E-state index is 12.4.